The van der Waals surface area contributed by atoms with Gasteiger partial charge in [0.25, 0.3) is 0 Å². The van der Waals surface area contributed by atoms with E-state index in [9.17, 15) is 0 Å². The predicted octanol–water partition coefficient (Wildman–Crippen LogP) is 18.7. The maximum absolute atomic E-state index is 4.58. The minimum Gasteiger partial charge on any atom is -0.251 e. The Labute approximate surface area is 327 Å². The number of aryl methyl sites for hydroxylation is 2. The summed E-state index contributed by atoms with van der Waals surface area (Å²) in [5.74, 6) is 0. The maximum atomic E-state index is 4.58. The summed E-state index contributed by atoms with van der Waals surface area (Å²) in [7, 11) is 39.9. The second kappa shape index (κ2) is 32.1. The highest BCUT2D eigenvalue weighted by Gasteiger charge is 2.26. The molecule has 3 aromatic rings. The molecule has 2 nitrogen and oxygen atoms in total. The second-order valence-electron chi connectivity index (χ2n) is 8.78. The normalized spacial score (nSPS) is 13.6. The first-order valence-corrected chi connectivity index (χ1v) is 53.3. The van der Waals surface area contributed by atoms with Crippen molar-refractivity contribution in [3.63, 3.8) is 0 Å². The molecule has 25 heteroatoms. The highest BCUT2D eigenvalue weighted by atomic mass is 33.3. The zero-order valence-electron chi connectivity index (χ0n) is 26.9. The lowest BCUT2D eigenvalue weighted by atomic mass is 10.1. The minimum atomic E-state index is 0.103. The van der Waals surface area contributed by atoms with Crippen molar-refractivity contribution in [3.05, 3.63) is 84.2 Å². The molecule has 1 aromatic carbocycles. The molecule has 47 heavy (non-hydrogen) atoms. The zero-order valence-corrected chi connectivity index (χ0v) is 50.9. The number of fused-ring (bicyclic) bond motifs is 3. The van der Waals surface area contributed by atoms with Crippen LogP contribution in [0.1, 0.15) is 25.2 Å². The van der Waals surface area contributed by atoms with Crippen molar-refractivity contribution in [1.82, 2.24) is 9.97 Å². The molecule has 0 aliphatic carbocycles. The van der Waals surface area contributed by atoms with Gasteiger partial charge in [-0.2, -0.15) is 0 Å². The van der Waals surface area contributed by atoms with Gasteiger partial charge in [0.2, 0.25) is 0 Å². The number of nitrogens with zero attached hydrogens (tertiary/aromatic N) is 2. The van der Waals surface area contributed by atoms with Crippen LogP contribution in [0.15, 0.2) is 72.9 Å². The molecule has 0 bridgehead atoms. The van der Waals surface area contributed by atoms with Crippen LogP contribution in [-0.4, -0.2) is 9.97 Å². The monoisotopic (exact) mass is 1060 g/mol. The molecule has 3 rings (SSSR count). The Morgan fingerprint density at radius 2 is 0.851 bits per heavy atom. The highest BCUT2D eigenvalue weighted by molar-refractivity contribution is 9.22. The first kappa shape index (κ1) is 54.2. The van der Waals surface area contributed by atoms with Gasteiger partial charge in [-0.15, -0.1) is 116 Å². The third kappa shape index (κ3) is 23.4. The lowest BCUT2D eigenvalue weighted by Gasteiger charge is -2.32. The number of pyridine rings is 2. The largest absolute Gasteiger partial charge is 0.251 e. The van der Waals surface area contributed by atoms with E-state index in [4.69, 9.17) is 0 Å². The van der Waals surface area contributed by atoms with E-state index in [1.165, 1.54) is 0 Å². The van der Waals surface area contributed by atoms with Gasteiger partial charge in [0.1, 0.15) is 0 Å². The number of hydrogen-bond donors (Lipinski definition) is 0. The van der Waals surface area contributed by atoms with Gasteiger partial charge in [-0.05, 0) is 103 Å². The predicted molar refractivity (Wildman–Crippen MR) is 302 cm³/mol. The molecule has 2 aromatic heterocycles. The van der Waals surface area contributed by atoms with Crippen molar-refractivity contribution in [1.29, 1.82) is 0 Å². The van der Waals surface area contributed by atoms with E-state index in [0.29, 0.717) is 0 Å². The number of hydrogen-bond acceptors (Lipinski definition) is 2. The van der Waals surface area contributed by atoms with Gasteiger partial charge in [0.05, 0.1) is 11.0 Å². The van der Waals surface area contributed by atoms with Crippen molar-refractivity contribution in [3.8, 4) is 0 Å². The van der Waals surface area contributed by atoms with Gasteiger partial charge in [0, 0.05) is 22.2 Å². The molecular formula is C22H51N2P23. The zero-order chi connectivity index (χ0) is 36.3. The molecule has 264 valence electrons. The molecule has 0 saturated heterocycles. The summed E-state index contributed by atoms with van der Waals surface area (Å²) in [6.45, 7) is 9.48. The van der Waals surface area contributed by atoms with E-state index >= 15 is 0 Å². The smallest absolute Gasteiger partial charge is 0.0967 e. The van der Waals surface area contributed by atoms with Gasteiger partial charge in [-0.25, -0.2) is 0 Å². The Balaban J connectivity index is 0.000000622. The summed E-state index contributed by atoms with van der Waals surface area (Å²) in [5, 5.41) is 2.30. The molecule has 16 unspecified atom stereocenters. The molecule has 0 radical (unpaired) electrons. The first-order chi connectivity index (χ1) is 22.0. The average Bonchev–Trinajstić information content (AvgIpc) is 2.99. The third-order valence-corrected chi connectivity index (χ3v) is 131. The number of benzene rings is 1. The van der Waals surface area contributed by atoms with Crippen LogP contribution < -0.4 is 0 Å². The fraction of sp³-hybridized carbons (Fsp3) is 0.182. The van der Waals surface area contributed by atoms with Crippen LogP contribution in [0.4, 0.5) is 0 Å². The maximum Gasteiger partial charge on any atom is 0.0967 e. The standard InChI is InChI=1S/C14H12N2.C8H12.H14P12.H13P11/c1-9-3-5-11-7-8-12-6-4-10(2)16-14(12)13(11)15-9;1-3-5-7-8-6-4-2;1-8(2)11(7)12(9(3)4)10(5)6;1-7-10(6)11(8(2)3)9(4)5/h3-8H,1-2H3;3-8H,1-2H3;1-7H2;7H,1-6H2. The Morgan fingerprint density at radius 3 is 1.09 bits per heavy atom. The van der Waals surface area contributed by atoms with Gasteiger partial charge < -0.3 is 0 Å². The molecule has 0 saturated carbocycles. The van der Waals surface area contributed by atoms with E-state index in [2.05, 4.69) is 150 Å². The van der Waals surface area contributed by atoms with Gasteiger partial charge >= 0.3 is 0 Å². The van der Waals surface area contributed by atoms with Crippen LogP contribution in [-0.2, 0) is 0 Å². The summed E-state index contributed by atoms with van der Waals surface area (Å²) in [6.07, 6.45) is 12.0. The summed E-state index contributed by atoms with van der Waals surface area (Å²) in [5.41, 5.74) is 4.06. The fourth-order valence-corrected chi connectivity index (χ4v) is 201. The van der Waals surface area contributed by atoms with E-state index in [1.54, 1.807) is 0 Å². The molecule has 0 spiro atoms. The van der Waals surface area contributed by atoms with E-state index < -0.39 is 0 Å². The average molecular weight is 1060 g/mol. The summed E-state index contributed by atoms with van der Waals surface area (Å²) >= 11 is 0. The Kier molecular flexibility index (Phi) is 36.9. The van der Waals surface area contributed by atoms with Crippen LogP contribution in [0.5, 0.6) is 0 Å². The summed E-state index contributed by atoms with van der Waals surface area (Å²) in [4.78, 5) is 9.16. The van der Waals surface area contributed by atoms with Crippen LogP contribution >= 0.6 is 187 Å². The van der Waals surface area contributed by atoms with Gasteiger partial charge in [-0.1, -0.05) is 68.7 Å². The van der Waals surface area contributed by atoms with Gasteiger partial charge in [0.15, 0.2) is 0 Å². The number of aromatic nitrogens is 2. The molecule has 0 N–H and O–H groups in total. The van der Waals surface area contributed by atoms with Crippen LogP contribution in [0.25, 0.3) is 21.8 Å². The van der Waals surface area contributed by atoms with Crippen molar-refractivity contribution in [2.75, 3.05) is 0 Å². The van der Waals surface area contributed by atoms with Crippen molar-refractivity contribution < 1.29 is 0 Å². The second-order valence-corrected chi connectivity index (χ2v) is 92.8. The van der Waals surface area contributed by atoms with Gasteiger partial charge in [-0.3, -0.25) is 9.97 Å². The molecule has 2 heterocycles. The molecular weight excluding hydrogens is 1000 g/mol. The molecule has 0 aliphatic rings. The van der Waals surface area contributed by atoms with Crippen LogP contribution in [0, 0.1) is 13.8 Å². The van der Waals surface area contributed by atoms with Crippen molar-refractivity contribution in [2.45, 2.75) is 27.7 Å². The number of allylic oxidation sites excluding steroid dienone is 6. The molecule has 0 fully saturated rings. The lowest BCUT2D eigenvalue weighted by Crippen LogP contribution is -1.89. The summed E-state index contributed by atoms with van der Waals surface area (Å²) in [6, 6.07) is 12.5. The van der Waals surface area contributed by atoms with E-state index in [0.717, 1.165) is 41.2 Å². The van der Waals surface area contributed by atoms with Crippen molar-refractivity contribution in [2.24, 2.45) is 0 Å². The number of rotatable bonds is 10. The van der Waals surface area contributed by atoms with Crippen LogP contribution in [0.2, 0.25) is 0 Å². The third-order valence-electron chi connectivity index (χ3n) is 5.09. The molecule has 16 atom stereocenters. The lowest BCUT2D eigenvalue weighted by molar-refractivity contribution is 1.23. The Hall–Kier alpha value is 7.15. The van der Waals surface area contributed by atoms with Crippen LogP contribution in [0.3, 0.4) is 0 Å². The quantitative estimate of drug-likeness (QED) is 0.115. The minimum absolute atomic E-state index is 0.103. The SMILES string of the molecule is CC=CC=CC=CC.Cc1ccc2ccc3ccc(C)nc3c2n1.PP(P)P(P)P(P(P)P)P(P)P.PPP(P)P(P(P)P)P(P)P. The highest BCUT2D eigenvalue weighted by Crippen LogP contribution is 3.16. The summed E-state index contributed by atoms with van der Waals surface area (Å²) < 4.78 is 0. The Bertz CT molecular complexity index is 1290. The van der Waals surface area contributed by atoms with E-state index in [-0.39, 0.29) is 62.9 Å². The van der Waals surface area contributed by atoms with E-state index in [1.807, 2.05) is 76.3 Å². The fourth-order valence-electron chi connectivity index (χ4n) is 3.13. The molecule has 0 amide bonds. The first-order valence-electron chi connectivity index (χ1n) is 13.2. The molecule has 0 aliphatic heterocycles. The Morgan fingerprint density at radius 1 is 0.511 bits per heavy atom. The topological polar surface area (TPSA) is 25.8 Å². The van der Waals surface area contributed by atoms with Crippen molar-refractivity contribution >= 4 is 209 Å².